The molecule has 176 valence electrons. The lowest BCUT2D eigenvalue weighted by Gasteiger charge is -2.61. The molecule has 10 heteroatoms. The predicted molar refractivity (Wildman–Crippen MR) is 120 cm³/mol. The Labute approximate surface area is 198 Å². The molecule has 7 nitrogen and oxygen atoms in total. The average molecular weight is 504 g/mol. The molecule has 0 spiro atoms. The molecular weight excluding hydrogens is 477 g/mol. The van der Waals surface area contributed by atoms with E-state index in [-0.39, 0.29) is 22.2 Å². The van der Waals surface area contributed by atoms with Crippen molar-refractivity contribution >= 4 is 44.9 Å². The van der Waals surface area contributed by atoms with E-state index in [4.69, 9.17) is 32.7 Å². The molecule has 4 fully saturated rings. The lowest BCUT2D eigenvalue weighted by molar-refractivity contribution is -0.157. The zero-order valence-electron chi connectivity index (χ0n) is 17.9. The first-order valence-electron chi connectivity index (χ1n) is 10.7. The zero-order chi connectivity index (χ0) is 23.1. The molecule has 4 saturated carbocycles. The van der Waals surface area contributed by atoms with Crippen molar-refractivity contribution < 1.29 is 27.5 Å². The number of sulfone groups is 1. The number of carbonyl (C=O) groups is 2. The molecule has 0 saturated heterocycles. The van der Waals surface area contributed by atoms with E-state index in [1.807, 2.05) is 0 Å². The number of rotatable bonds is 8. The van der Waals surface area contributed by atoms with E-state index in [2.05, 4.69) is 5.32 Å². The minimum Gasteiger partial charge on any atom is -0.476 e. The van der Waals surface area contributed by atoms with E-state index >= 15 is 0 Å². The minimum atomic E-state index is -3.82. The van der Waals surface area contributed by atoms with Crippen molar-refractivity contribution in [1.82, 2.24) is 5.32 Å². The Kier molecular flexibility index (Phi) is 6.42. The van der Waals surface area contributed by atoms with E-state index < -0.39 is 33.0 Å². The zero-order valence-corrected chi connectivity index (χ0v) is 20.2. The molecule has 4 aliphatic carbocycles. The van der Waals surface area contributed by atoms with Crippen LogP contribution in [-0.2, 0) is 24.2 Å². The van der Waals surface area contributed by atoms with Crippen LogP contribution in [0.4, 0.5) is 0 Å². The first-order chi connectivity index (χ1) is 15.0. The average Bonchev–Trinajstić information content (AvgIpc) is 2.63. The molecule has 1 N–H and O–H groups in total. The van der Waals surface area contributed by atoms with Crippen molar-refractivity contribution in [2.45, 2.75) is 51.0 Å². The summed E-state index contributed by atoms with van der Waals surface area (Å²) >= 11 is 11.8. The normalized spacial score (nSPS) is 30.7. The standard InChI is InChI=1S/C22H27Cl2NO6S/c1-14(26)30-12-21-6-15-4-16(7-21)9-22(8-15,11-21)25-20(27)10-32(28,29)13-31-19-3-2-17(23)5-18(19)24/h2-3,5,15-16H,4,6-13H2,1H3,(H,25,27). The van der Waals surface area contributed by atoms with Gasteiger partial charge in [0.05, 0.1) is 11.6 Å². The van der Waals surface area contributed by atoms with Crippen LogP contribution in [0.15, 0.2) is 18.2 Å². The maximum atomic E-state index is 12.8. The summed E-state index contributed by atoms with van der Waals surface area (Å²) in [5.74, 6) is -1.04. The Bertz CT molecular complexity index is 1010. The number of amides is 1. The summed E-state index contributed by atoms with van der Waals surface area (Å²) in [6.07, 6.45) is 5.49. The number of benzene rings is 1. The third kappa shape index (κ3) is 5.34. The van der Waals surface area contributed by atoms with E-state index in [0.29, 0.717) is 29.9 Å². The number of nitrogens with one attached hydrogen (secondary N) is 1. The molecule has 2 atom stereocenters. The molecule has 2 unspecified atom stereocenters. The van der Waals surface area contributed by atoms with Crippen LogP contribution in [0, 0.1) is 17.3 Å². The van der Waals surface area contributed by atoms with Crippen molar-refractivity contribution in [3.8, 4) is 5.75 Å². The van der Waals surface area contributed by atoms with Crippen LogP contribution < -0.4 is 10.1 Å². The first-order valence-corrected chi connectivity index (χ1v) is 13.3. The fraction of sp³-hybridized carbons (Fsp3) is 0.636. The van der Waals surface area contributed by atoms with Gasteiger partial charge >= 0.3 is 5.97 Å². The Hall–Kier alpha value is -1.51. The van der Waals surface area contributed by atoms with Gasteiger partial charge in [-0.15, -0.1) is 0 Å². The largest absolute Gasteiger partial charge is 0.476 e. The fourth-order valence-electron chi connectivity index (χ4n) is 6.34. The number of hydrogen-bond donors (Lipinski definition) is 1. The van der Waals surface area contributed by atoms with Crippen LogP contribution in [0.3, 0.4) is 0 Å². The van der Waals surface area contributed by atoms with E-state index in [0.717, 1.165) is 32.1 Å². The Morgan fingerprint density at radius 3 is 2.47 bits per heavy atom. The lowest BCUT2D eigenvalue weighted by atomic mass is 9.47. The van der Waals surface area contributed by atoms with Crippen LogP contribution >= 0.6 is 23.2 Å². The first kappa shape index (κ1) is 23.6. The molecule has 0 heterocycles. The molecule has 0 radical (unpaired) electrons. The summed E-state index contributed by atoms with van der Waals surface area (Å²) in [5.41, 5.74) is -0.562. The second-order valence-electron chi connectivity index (χ2n) is 9.79. The second-order valence-corrected chi connectivity index (χ2v) is 12.6. The second kappa shape index (κ2) is 8.69. The van der Waals surface area contributed by atoms with E-state index in [1.54, 1.807) is 6.07 Å². The van der Waals surface area contributed by atoms with Gasteiger partial charge in [-0.2, -0.15) is 0 Å². The monoisotopic (exact) mass is 503 g/mol. The number of halogens is 2. The van der Waals surface area contributed by atoms with Crippen LogP contribution in [0.2, 0.25) is 10.0 Å². The van der Waals surface area contributed by atoms with E-state index in [9.17, 15) is 18.0 Å². The summed E-state index contributed by atoms with van der Waals surface area (Å²) < 4.78 is 35.7. The van der Waals surface area contributed by atoms with Crippen molar-refractivity contribution in [2.75, 3.05) is 18.3 Å². The van der Waals surface area contributed by atoms with Gasteiger partial charge in [0.15, 0.2) is 15.8 Å². The fourth-order valence-corrected chi connectivity index (χ4v) is 7.67. The highest BCUT2D eigenvalue weighted by Crippen LogP contribution is 2.61. The maximum Gasteiger partial charge on any atom is 0.302 e. The topological polar surface area (TPSA) is 98.8 Å². The molecule has 0 aromatic heterocycles. The molecule has 5 rings (SSSR count). The SMILES string of the molecule is CC(=O)OCC12CC3CC(C1)CC(NC(=O)CS(=O)(=O)COc1ccc(Cl)cc1Cl)(C3)C2. The van der Waals surface area contributed by atoms with Gasteiger partial charge in [-0.25, -0.2) is 8.42 Å². The molecule has 4 bridgehead atoms. The summed E-state index contributed by atoms with van der Waals surface area (Å²) in [6.45, 7) is 1.77. The quantitative estimate of drug-likeness (QED) is 0.542. The van der Waals surface area contributed by atoms with Gasteiger partial charge in [-0.1, -0.05) is 23.2 Å². The number of esters is 1. The van der Waals surface area contributed by atoms with Gasteiger partial charge in [-0.3, -0.25) is 9.59 Å². The summed E-state index contributed by atoms with van der Waals surface area (Å²) in [6, 6.07) is 4.48. The van der Waals surface area contributed by atoms with Crippen LogP contribution in [0.5, 0.6) is 5.75 Å². The van der Waals surface area contributed by atoms with Crippen molar-refractivity contribution in [3.05, 3.63) is 28.2 Å². The van der Waals surface area contributed by atoms with Gasteiger partial charge in [-0.05, 0) is 68.6 Å². The molecule has 32 heavy (non-hydrogen) atoms. The third-order valence-electron chi connectivity index (χ3n) is 6.81. The smallest absolute Gasteiger partial charge is 0.302 e. The van der Waals surface area contributed by atoms with Gasteiger partial charge in [0.2, 0.25) is 5.91 Å². The van der Waals surface area contributed by atoms with E-state index in [1.165, 1.54) is 19.1 Å². The molecule has 4 aliphatic rings. The summed E-state index contributed by atoms with van der Waals surface area (Å²) in [7, 11) is -3.82. The molecule has 0 aliphatic heterocycles. The summed E-state index contributed by atoms with van der Waals surface area (Å²) in [5, 5.41) is 3.66. The molecule has 1 amide bonds. The van der Waals surface area contributed by atoms with Crippen molar-refractivity contribution in [1.29, 1.82) is 0 Å². The predicted octanol–water partition coefficient (Wildman–Crippen LogP) is 3.76. The highest BCUT2D eigenvalue weighted by molar-refractivity contribution is 7.91. The van der Waals surface area contributed by atoms with Crippen molar-refractivity contribution in [3.63, 3.8) is 0 Å². The maximum absolute atomic E-state index is 12.8. The summed E-state index contributed by atoms with van der Waals surface area (Å²) in [4.78, 5) is 24.1. The number of hydrogen-bond acceptors (Lipinski definition) is 6. The number of ether oxygens (including phenoxy) is 2. The Morgan fingerprint density at radius 1 is 1.16 bits per heavy atom. The van der Waals surface area contributed by atoms with Gasteiger partial charge < -0.3 is 14.8 Å². The molecule has 1 aromatic rings. The highest BCUT2D eigenvalue weighted by Gasteiger charge is 2.58. The van der Waals surface area contributed by atoms with Crippen LogP contribution in [0.1, 0.15) is 45.4 Å². The van der Waals surface area contributed by atoms with Gasteiger partial charge in [0, 0.05) is 22.9 Å². The third-order valence-corrected chi connectivity index (χ3v) is 8.52. The minimum absolute atomic E-state index is 0.129. The Balaban J connectivity index is 1.38. The van der Waals surface area contributed by atoms with Crippen LogP contribution in [-0.4, -0.2) is 44.1 Å². The van der Waals surface area contributed by atoms with Crippen molar-refractivity contribution in [2.24, 2.45) is 17.3 Å². The molecular formula is C22H27Cl2NO6S. The van der Waals surface area contributed by atoms with Crippen LogP contribution in [0.25, 0.3) is 0 Å². The van der Waals surface area contributed by atoms with Gasteiger partial charge in [0.1, 0.15) is 11.5 Å². The number of carbonyl (C=O) groups excluding carboxylic acids is 2. The highest BCUT2D eigenvalue weighted by atomic mass is 35.5. The van der Waals surface area contributed by atoms with Gasteiger partial charge in [0.25, 0.3) is 0 Å². The lowest BCUT2D eigenvalue weighted by Crippen LogP contribution is -2.64. The molecule has 1 aromatic carbocycles. The Morgan fingerprint density at radius 2 is 1.84 bits per heavy atom.